The molecule has 0 radical (unpaired) electrons. The molecule has 105 heavy (non-hydrogen) atoms. The van der Waals surface area contributed by atoms with E-state index >= 15 is 4.79 Å². The highest BCUT2D eigenvalue weighted by Gasteiger charge is 2.69. The summed E-state index contributed by atoms with van der Waals surface area (Å²) in [6.45, 7) is 6.73. The fourth-order valence-electron chi connectivity index (χ4n) is 20.3. The van der Waals surface area contributed by atoms with E-state index in [9.17, 15) is 15.3 Å². The van der Waals surface area contributed by atoms with Crippen LogP contribution in [0, 0.1) is 41.4 Å². The number of aromatic nitrogens is 1. The first-order valence-electron chi connectivity index (χ1n) is 38.2. The molecule has 2 aromatic heterocycles. The Morgan fingerprint density at radius 2 is 1.73 bits per heavy atom. The lowest BCUT2D eigenvalue weighted by Crippen LogP contribution is -2.62. The third kappa shape index (κ3) is 11.8. The SMILES string of the molecule is CCCCCC1Cc2c3ccccc3cc3ccc4c(c23)C12CC13c5ccc(c(N=C(N)N)c5)CC(CO)COc5c(OC)c(OCCC(O)C=Cc6ccccc6)c6c(=O)cc(-c7ccc(O)cc7)oc6c5CCc5cccc(c5)-c5cc([nH]c5N5CCNCC51)C1(C)CCCC1CC#CC3C2C=C4. The number of aliphatic imine (C=N–C) groups is 1. The van der Waals surface area contributed by atoms with E-state index in [1.54, 1.807) is 30.3 Å². The molecule has 10 atom stereocenters. The average Bonchev–Trinajstić information content (AvgIpc) is 1.61. The maximum atomic E-state index is 15.2. The zero-order chi connectivity index (χ0) is 71.7. The fraction of sp³-hybridized carbons (Fsp3) is 0.363. The molecule has 10 unspecified atom stereocenters. The lowest BCUT2D eigenvalue weighted by atomic mass is 9.53. The highest BCUT2D eigenvalue weighted by atomic mass is 16.5. The molecule has 8 aromatic carbocycles. The van der Waals surface area contributed by atoms with Gasteiger partial charge in [0, 0.05) is 102 Å². The van der Waals surface area contributed by atoms with Gasteiger partial charge in [-0.1, -0.05) is 173 Å². The molecule has 14 nitrogen and oxygen atoms in total. The zero-order valence-corrected chi connectivity index (χ0v) is 60.4. The number of nitrogens with zero attached hydrogens (tertiary/aromatic N) is 2. The summed E-state index contributed by atoms with van der Waals surface area (Å²) in [4.78, 5) is 27.4. The molecule has 2 spiro atoms. The minimum Gasteiger partial charge on any atom is -0.508 e. The average molecular weight is 1400 g/mol. The number of benzene rings is 8. The number of piperazine rings is 1. The number of rotatable bonds is 14. The predicted molar refractivity (Wildman–Crippen MR) is 421 cm³/mol. The smallest absolute Gasteiger partial charge is 0.204 e. The lowest BCUT2D eigenvalue weighted by molar-refractivity contribution is 0.157. The largest absolute Gasteiger partial charge is 0.508 e. The molecule has 536 valence electrons. The molecule has 18 rings (SSSR count). The van der Waals surface area contributed by atoms with Gasteiger partial charge in [-0.2, -0.15) is 0 Å². The Morgan fingerprint density at radius 3 is 2.57 bits per heavy atom. The molecular weight excluding hydrogens is 1310 g/mol. The first kappa shape index (κ1) is 68.1. The first-order valence-corrected chi connectivity index (χ1v) is 38.2. The van der Waals surface area contributed by atoms with Crippen molar-refractivity contribution in [1.82, 2.24) is 10.3 Å². The Labute approximate surface area is 614 Å². The van der Waals surface area contributed by atoms with Crippen molar-refractivity contribution in [3.63, 3.8) is 0 Å². The number of aryl methyl sites for hydroxylation is 2. The van der Waals surface area contributed by atoms with Crippen molar-refractivity contribution in [2.24, 2.45) is 46.0 Å². The Bertz CT molecular complexity index is 5230. The number of aromatic amines is 1. The van der Waals surface area contributed by atoms with E-state index in [-0.39, 0.29) is 100 Å². The normalized spacial score (nSPS) is 24.6. The number of nitrogens with two attached hydrogens (primary N) is 2. The Balaban J connectivity index is 0.886. The number of hydrogen-bond donors (Lipinski definition) is 7. The second-order valence-corrected chi connectivity index (χ2v) is 31.1. The molecule has 0 amide bonds. The minimum atomic E-state index is -0.887. The van der Waals surface area contributed by atoms with Gasteiger partial charge in [0.15, 0.2) is 22.9 Å². The summed E-state index contributed by atoms with van der Waals surface area (Å²) in [7, 11) is 1.54. The van der Waals surface area contributed by atoms with Crippen molar-refractivity contribution in [2.45, 2.75) is 132 Å². The van der Waals surface area contributed by atoms with Gasteiger partial charge >= 0.3 is 0 Å². The van der Waals surface area contributed by atoms with Crippen LogP contribution in [0.25, 0.3) is 67.1 Å². The van der Waals surface area contributed by atoms with Gasteiger partial charge in [-0.15, -0.1) is 5.92 Å². The third-order valence-corrected chi connectivity index (χ3v) is 25.3. The van der Waals surface area contributed by atoms with E-state index in [0.29, 0.717) is 60.2 Å². The van der Waals surface area contributed by atoms with Crippen molar-refractivity contribution in [2.75, 3.05) is 51.5 Å². The van der Waals surface area contributed by atoms with Gasteiger partial charge in [0.2, 0.25) is 5.75 Å². The van der Waals surface area contributed by atoms with Crippen molar-refractivity contribution in [1.29, 1.82) is 0 Å². The molecule has 2 saturated carbocycles. The quantitative estimate of drug-likeness (QED) is 0.0178. The molecule has 9 N–H and O–H groups in total. The van der Waals surface area contributed by atoms with Gasteiger partial charge in [0.1, 0.15) is 28.3 Å². The number of H-pyrrole nitrogens is 1. The summed E-state index contributed by atoms with van der Waals surface area (Å²) in [6.07, 6.45) is 19.5. The summed E-state index contributed by atoms with van der Waals surface area (Å²) in [6, 6.07) is 52.3. The monoisotopic (exact) mass is 1400 g/mol. The second-order valence-electron chi connectivity index (χ2n) is 31.1. The number of phenols is 1. The molecule has 8 aliphatic rings. The van der Waals surface area contributed by atoms with E-state index in [1.807, 2.05) is 36.4 Å². The Morgan fingerprint density at radius 1 is 0.876 bits per heavy atom. The molecule has 7 bridgehead atoms. The van der Waals surface area contributed by atoms with E-state index in [2.05, 4.69) is 144 Å². The number of nitrogens with one attached hydrogen (secondary N) is 2. The number of fused-ring (bicyclic) bond motifs is 13. The minimum absolute atomic E-state index is 0.00822. The summed E-state index contributed by atoms with van der Waals surface area (Å²) < 4.78 is 27.4. The number of ether oxygens (including phenoxy) is 3. The Hall–Kier alpha value is -10.0. The van der Waals surface area contributed by atoms with Gasteiger partial charge in [-0.05, 0) is 172 Å². The van der Waals surface area contributed by atoms with Gasteiger partial charge in [0.05, 0.1) is 38.2 Å². The topological polar surface area (TPSA) is 214 Å². The maximum absolute atomic E-state index is 15.2. The molecule has 4 aliphatic heterocycles. The molecule has 3 fully saturated rings. The highest BCUT2D eigenvalue weighted by Crippen LogP contribution is 2.70. The fourth-order valence-corrected chi connectivity index (χ4v) is 20.3. The zero-order valence-electron chi connectivity index (χ0n) is 60.4. The van der Waals surface area contributed by atoms with E-state index in [0.717, 1.165) is 116 Å². The number of aliphatic hydroxyl groups excluding tert-OH is 2. The number of aromatic hydroxyl groups is 1. The number of hydrogen-bond acceptors (Lipinski definition) is 11. The molecule has 4 aliphatic carbocycles. The van der Waals surface area contributed by atoms with Crippen LogP contribution in [0.2, 0.25) is 0 Å². The number of allylic oxidation sites excluding steroid dienone is 1. The molecule has 14 heteroatoms. The van der Waals surface area contributed by atoms with Crippen molar-refractivity contribution >= 4 is 62.1 Å². The standard InChI is InChI=1S/C91H94N6O8/c1-4-5-7-20-65-47-72-69-23-11-10-18-61(69)46-63-28-27-59-32-38-74-73-24-13-21-64-22-14-40-89(64,2)78-49-71-60-19-12-17-56(44-60)26-37-70-83-81(76(101)50-77(105-83)58-30-35-67(99)36-31-58)85(103-43-39-68(100)34-25-55-15-8-6-9-16-55)86(102-3)84(70)104-53-57(52-98)45-62-29-33-66(48-75(62)95-88(92)93)90(73,54-91(65,74)82(59)80(63)72)79-51-94-41-42-97(79)87(71)96-78/h6,8-12,15-19,23,25,27-36,38,44,46,48-50,57,64-65,68,73-74,79,94,96,98-100H,4-5,7,14,20-22,26,37,39-43,45,47,51-54H2,1-3H3,(H4,92,93,95). The van der Waals surface area contributed by atoms with E-state index in [4.69, 9.17) is 35.1 Å². The van der Waals surface area contributed by atoms with Crippen LogP contribution in [-0.4, -0.2) is 85.0 Å². The molecule has 10 aromatic rings. The second kappa shape index (κ2) is 27.8. The Kier molecular flexibility index (Phi) is 18.0. The summed E-state index contributed by atoms with van der Waals surface area (Å²) in [5.74, 6) is 10.5. The predicted octanol–water partition coefficient (Wildman–Crippen LogP) is 16.1. The van der Waals surface area contributed by atoms with Crippen LogP contribution < -0.4 is 41.3 Å². The van der Waals surface area contributed by atoms with Gasteiger partial charge in [-0.25, -0.2) is 4.99 Å². The number of guanidine groups is 1. The number of unbranched alkanes of at least 4 members (excludes halogenated alkanes) is 2. The summed E-state index contributed by atoms with van der Waals surface area (Å²) in [5, 5.41) is 43.2. The number of aliphatic hydroxyl groups is 2. The summed E-state index contributed by atoms with van der Waals surface area (Å²) >= 11 is 0. The lowest BCUT2D eigenvalue weighted by Gasteiger charge is -2.52. The third-order valence-electron chi connectivity index (χ3n) is 25.3. The van der Waals surface area contributed by atoms with Crippen molar-refractivity contribution in [3.05, 3.63) is 224 Å². The number of methoxy groups -OCH3 is 1. The molecular formula is C91H94N6O8. The van der Waals surface area contributed by atoms with Crippen LogP contribution in [0.3, 0.4) is 0 Å². The van der Waals surface area contributed by atoms with E-state index < -0.39 is 17.4 Å². The van der Waals surface area contributed by atoms with Crippen LogP contribution in [0.5, 0.6) is 23.0 Å². The van der Waals surface area contributed by atoms with Gasteiger partial charge in [-0.3, -0.25) is 4.79 Å². The highest BCUT2D eigenvalue weighted by molar-refractivity contribution is 6.06. The van der Waals surface area contributed by atoms with E-state index in [1.165, 1.54) is 57.1 Å². The summed E-state index contributed by atoms with van der Waals surface area (Å²) in [5.41, 5.74) is 25.5. The van der Waals surface area contributed by atoms with Crippen LogP contribution >= 0.6 is 0 Å². The van der Waals surface area contributed by atoms with Crippen LogP contribution in [0.4, 0.5) is 11.5 Å². The van der Waals surface area contributed by atoms with Crippen molar-refractivity contribution < 1.29 is 33.9 Å². The first-order chi connectivity index (χ1) is 51.3. The van der Waals surface area contributed by atoms with Crippen LogP contribution in [-0.2, 0) is 41.9 Å². The molecule has 1 saturated heterocycles. The maximum Gasteiger partial charge on any atom is 0.204 e. The van der Waals surface area contributed by atoms with Crippen LogP contribution in [0.1, 0.15) is 128 Å². The molecule has 6 heterocycles. The number of phenolic OH excluding ortho intramolecular Hbond substituents is 1. The van der Waals surface area contributed by atoms with Gasteiger partial charge in [0.25, 0.3) is 0 Å². The van der Waals surface area contributed by atoms with Crippen molar-refractivity contribution in [3.8, 4) is 57.3 Å². The van der Waals surface area contributed by atoms with Gasteiger partial charge < -0.3 is 60.6 Å². The van der Waals surface area contributed by atoms with Crippen LogP contribution in [0.15, 0.2) is 178 Å². The number of anilines is 1.